The summed E-state index contributed by atoms with van der Waals surface area (Å²) in [5, 5.41) is 3.95. The van der Waals surface area contributed by atoms with E-state index in [9.17, 15) is 4.79 Å². The number of H-pyrrole nitrogens is 1. The van der Waals surface area contributed by atoms with Crippen molar-refractivity contribution in [3.8, 4) is 11.5 Å². The molecule has 1 amide bonds. The fourth-order valence-corrected chi connectivity index (χ4v) is 2.92. The van der Waals surface area contributed by atoms with Gasteiger partial charge in [-0.25, -0.2) is 0 Å². The van der Waals surface area contributed by atoms with Crippen LogP contribution >= 0.6 is 0 Å². The van der Waals surface area contributed by atoms with Crippen molar-refractivity contribution in [1.29, 1.82) is 0 Å². The monoisotopic (exact) mass is 338 g/mol. The number of ether oxygens (including phenoxy) is 2. The maximum Gasteiger partial charge on any atom is 0.228 e. The van der Waals surface area contributed by atoms with E-state index >= 15 is 0 Å². The van der Waals surface area contributed by atoms with Crippen molar-refractivity contribution < 1.29 is 14.3 Å². The lowest BCUT2D eigenvalue weighted by Gasteiger charge is -2.11. The minimum Gasteiger partial charge on any atom is -0.497 e. The van der Waals surface area contributed by atoms with E-state index < -0.39 is 0 Å². The fraction of sp³-hybridized carbons (Fsp3) is 0.250. The lowest BCUT2D eigenvalue weighted by molar-refractivity contribution is -0.115. The summed E-state index contributed by atoms with van der Waals surface area (Å²) in [5.74, 6) is 1.37. The lowest BCUT2D eigenvalue weighted by Crippen LogP contribution is -2.15. The van der Waals surface area contributed by atoms with Crippen molar-refractivity contribution in [3.05, 3.63) is 53.7 Å². The average Bonchev–Trinajstić information content (AvgIpc) is 2.91. The first-order valence-corrected chi connectivity index (χ1v) is 8.29. The zero-order valence-corrected chi connectivity index (χ0v) is 14.7. The second-order valence-electron chi connectivity index (χ2n) is 5.79. The van der Waals surface area contributed by atoms with Crippen LogP contribution in [-0.2, 0) is 11.2 Å². The molecule has 0 radical (unpaired) electrons. The van der Waals surface area contributed by atoms with Gasteiger partial charge < -0.3 is 19.8 Å². The summed E-state index contributed by atoms with van der Waals surface area (Å²) in [4.78, 5) is 15.9. The molecule has 0 atom stereocenters. The van der Waals surface area contributed by atoms with Gasteiger partial charge in [-0.15, -0.1) is 0 Å². The summed E-state index contributed by atoms with van der Waals surface area (Å²) >= 11 is 0. The zero-order valence-electron chi connectivity index (χ0n) is 14.7. The van der Waals surface area contributed by atoms with Crippen LogP contribution in [0.5, 0.6) is 11.5 Å². The molecule has 3 aromatic rings. The third-order valence-electron chi connectivity index (χ3n) is 4.13. The van der Waals surface area contributed by atoms with Crippen molar-refractivity contribution in [2.45, 2.75) is 20.3 Å². The standard InChI is InChI=1S/C20H22N2O3/c1-4-25-19-8-6-5-7-18(19)22-20(23)12-15-13(2)21-17-10-9-14(24-3)11-16(15)17/h5-11,21H,4,12H2,1-3H3,(H,22,23). The van der Waals surface area contributed by atoms with E-state index in [1.807, 2.05) is 56.3 Å². The second-order valence-corrected chi connectivity index (χ2v) is 5.79. The van der Waals surface area contributed by atoms with Gasteiger partial charge in [-0.05, 0) is 49.7 Å². The molecule has 0 aliphatic rings. The summed E-state index contributed by atoms with van der Waals surface area (Å²) in [6, 6.07) is 13.3. The number of aromatic amines is 1. The summed E-state index contributed by atoms with van der Waals surface area (Å²) in [6.45, 7) is 4.44. The van der Waals surface area contributed by atoms with Gasteiger partial charge in [-0.2, -0.15) is 0 Å². The van der Waals surface area contributed by atoms with Crippen LogP contribution in [0.15, 0.2) is 42.5 Å². The second kappa shape index (κ2) is 7.30. The van der Waals surface area contributed by atoms with Gasteiger partial charge in [0.25, 0.3) is 0 Å². The largest absolute Gasteiger partial charge is 0.497 e. The third-order valence-corrected chi connectivity index (χ3v) is 4.13. The number of carbonyl (C=O) groups is 1. The van der Waals surface area contributed by atoms with Crippen LogP contribution < -0.4 is 14.8 Å². The van der Waals surface area contributed by atoms with E-state index in [1.165, 1.54) is 0 Å². The highest BCUT2D eigenvalue weighted by Crippen LogP contribution is 2.28. The number of aromatic nitrogens is 1. The van der Waals surface area contributed by atoms with E-state index in [2.05, 4.69) is 10.3 Å². The Balaban J connectivity index is 1.84. The van der Waals surface area contributed by atoms with Gasteiger partial charge in [-0.1, -0.05) is 12.1 Å². The highest BCUT2D eigenvalue weighted by Gasteiger charge is 2.14. The molecule has 3 rings (SSSR count). The first-order valence-electron chi connectivity index (χ1n) is 8.29. The van der Waals surface area contributed by atoms with E-state index in [1.54, 1.807) is 7.11 Å². The third kappa shape index (κ3) is 3.60. The van der Waals surface area contributed by atoms with Gasteiger partial charge >= 0.3 is 0 Å². The molecule has 1 heterocycles. The van der Waals surface area contributed by atoms with Crippen LogP contribution in [0.25, 0.3) is 10.9 Å². The lowest BCUT2D eigenvalue weighted by atomic mass is 10.1. The quantitative estimate of drug-likeness (QED) is 0.712. The molecule has 1 aromatic heterocycles. The molecule has 5 nitrogen and oxygen atoms in total. The Hall–Kier alpha value is -2.95. The number of nitrogens with one attached hydrogen (secondary N) is 2. The smallest absolute Gasteiger partial charge is 0.228 e. The van der Waals surface area contributed by atoms with Crippen LogP contribution in [0.3, 0.4) is 0 Å². The highest BCUT2D eigenvalue weighted by molar-refractivity contribution is 5.97. The van der Waals surface area contributed by atoms with Crippen molar-refractivity contribution in [3.63, 3.8) is 0 Å². The molecule has 25 heavy (non-hydrogen) atoms. The fourth-order valence-electron chi connectivity index (χ4n) is 2.92. The van der Waals surface area contributed by atoms with Crippen molar-refractivity contribution in [2.24, 2.45) is 0 Å². The van der Waals surface area contributed by atoms with Crippen LogP contribution in [0.1, 0.15) is 18.2 Å². The number of methoxy groups -OCH3 is 1. The number of benzene rings is 2. The number of hydrogen-bond donors (Lipinski definition) is 2. The molecular weight excluding hydrogens is 316 g/mol. The van der Waals surface area contributed by atoms with Gasteiger partial charge in [0.2, 0.25) is 5.91 Å². The Kier molecular flexibility index (Phi) is 4.93. The first-order chi connectivity index (χ1) is 12.1. The Morgan fingerprint density at radius 3 is 2.76 bits per heavy atom. The number of para-hydroxylation sites is 2. The summed E-state index contributed by atoms with van der Waals surface area (Å²) in [5.41, 5.74) is 3.64. The van der Waals surface area contributed by atoms with Crippen LogP contribution in [0.2, 0.25) is 0 Å². The Morgan fingerprint density at radius 2 is 2.00 bits per heavy atom. The number of anilines is 1. The molecule has 2 N–H and O–H groups in total. The Bertz CT molecular complexity index is 899. The van der Waals surface area contributed by atoms with Gasteiger partial charge in [0.15, 0.2) is 0 Å². The van der Waals surface area contributed by atoms with Gasteiger partial charge in [0.1, 0.15) is 11.5 Å². The predicted octanol–water partition coefficient (Wildman–Crippen LogP) is 4.06. The number of fused-ring (bicyclic) bond motifs is 1. The van der Waals surface area contributed by atoms with Gasteiger partial charge in [0, 0.05) is 16.6 Å². The number of aryl methyl sites for hydroxylation is 1. The predicted molar refractivity (Wildman–Crippen MR) is 99.5 cm³/mol. The molecule has 0 aliphatic heterocycles. The van der Waals surface area contributed by atoms with Crippen molar-refractivity contribution in [1.82, 2.24) is 4.98 Å². The topological polar surface area (TPSA) is 63.3 Å². The number of carbonyl (C=O) groups excluding carboxylic acids is 1. The Morgan fingerprint density at radius 1 is 1.20 bits per heavy atom. The van der Waals surface area contributed by atoms with E-state index in [0.29, 0.717) is 18.0 Å². The van der Waals surface area contributed by atoms with Crippen molar-refractivity contribution in [2.75, 3.05) is 19.0 Å². The molecule has 0 bridgehead atoms. The minimum atomic E-state index is -0.0843. The highest BCUT2D eigenvalue weighted by atomic mass is 16.5. The molecule has 0 spiro atoms. The molecule has 0 unspecified atom stereocenters. The number of hydrogen-bond acceptors (Lipinski definition) is 3. The molecular formula is C20H22N2O3. The summed E-state index contributed by atoms with van der Waals surface area (Å²) < 4.78 is 10.9. The number of amides is 1. The van der Waals surface area contributed by atoms with Crippen LogP contribution in [-0.4, -0.2) is 24.6 Å². The van der Waals surface area contributed by atoms with Crippen LogP contribution in [0, 0.1) is 6.92 Å². The van der Waals surface area contributed by atoms with Crippen molar-refractivity contribution >= 4 is 22.5 Å². The molecule has 0 saturated heterocycles. The van der Waals surface area contributed by atoms with Gasteiger partial charge in [-0.3, -0.25) is 4.79 Å². The molecule has 0 aliphatic carbocycles. The zero-order chi connectivity index (χ0) is 17.8. The average molecular weight is 338 g/mol. The molecule has 2 aromatic carbocycles. The molecule has 0 fully saturated rings. The van der Waals surface area contributed by atoms with E-state index in [4.69, 9.17) is 9.47 Å². The van der Waals surface area contributed by atoms with Crippen LogP contribution in [0.4, 0.5) is 5.69 Å². The molecule has 0 saturated carbocycles. The molecule has 5 heteroatoms. The molecule has 130 valence electrons. The number of rotatable bonds is 6. The summed E-state index contributed by atoms with van der Waals surface area (Å²) in [6.07, 6.45) is 0.277. The maximum absolute atomic E-state index is 12.6. The minimum absolute atomic E-state index is 0.0843. The van der Waals surface area contributed by atoms with E-state index in [-0.39, 0.29) is 12.3 Å². The Labute approximate surface area is 147 Å². The first kappa shape index (κ1) is 16.9. The maximum atomic E-state index is 12.6. The normalized spacial score (nSPS) is 10.7. The SMILES string of the molecule is CCOc1ccccc1NC(=O)Cc1c(C)[nH]c2ccc(OC)cc12. The van der Waals surface area contributed by atoms with E-state index in [0.717, 1.165) is 27.9 Å². The summed E-state index contributed by atoms with van der Waals surface area (Å²) in [7, 11) is 1.64. The van der Waals surface area contributed by atoms with Gasteiger partial charge in [0.05, 0.1) is 25.8 Å².